The molecular weight excluding hydrogens is 259 g/mol. The first-order valence-electron chi connectivity index (χ1n) is 6.31. The van der Waals surface area contributed by atoms with Gasteiger partial charge in [0.25, 0.3) is 5.69 Å². The van der Waals surface area contributed by atoms with Crippen molar-refractivity contribution in [3.05, 3.63) is 70.0 Å². The second kappa shape index (κ2) is 6.14. The Hall–Kier alpha value is -2.43. The van der Waals surface area contributed by atoms with Crippen molar-refractivity contribution >= 4 is 11.4 Å². The summed E-state index contributed by atoms with van der Waals surface area (Å²) >= 11 is 0. The van der Waals surface area contributed by atoms with Crippen LogP contribution in [0.2, 0.25) is 0 Å². The predicted molar refractivity (Wildman–Crippen MR) is 76.3 cm³/mol. The van der Waals surface area contributed by atoms with Gasteiger partial charge in [0.1, 0.15) is 11.5 Å². The van der Waals surface area contributed by atoms with E-state index in [1.54, 1.807) is 36.4 Å². The van der Waals surface area contributed by atoms with E-state index in [0.717, 1.165) is 0 Å². The minimum absolute atomic E-state index is 0.0212. The third-order valence-corrected chi connectivity index (χ3v) is 2.99. The molecule has 0 aromatic heterocycles. The lowest BCUT2D eigenvalue weighted by Crippen LogP contribution is -2.19. The number of rotatable bonds is 5. The lowest BCUT2D eigenvalue weighted by molar-refractivity contribution is -0.384. The largest absolute Gasteiger partial charge is 0.377 e. The maximum absolute atomic E-state index is 13.6. The van der Waals surface area contributed by atoms with Crippen LogP contribution in [-0.2, 0) is 6.42 Å². The number of hydrogen-bond donors (Lipinski definition) is 1. The summed E-state index contributed by atoms with van der Waals surface area (Å²) in [4.78, 5) is 10.5. The molecule has 0 aliphatic rings. The second-order valence-electron chi connectivity index (χ2n) is 4.62. The van der Waals surface area contributed by atoms with Crippen LogP contribution in [0.1, 0.15) is 12.5 Å². The van der Waals surface area contributed by atoms with Crippen molar-refractivity contribution in [2.24, 2.45) is 0 Å². The Morgan fingerprint density at radius 1 is 1.20 bits per heavy atom. The Morgan fingerprint density at radius 3 is 2.55 bits per heavy atom. The van der Waals surface area contributed by atoms with Crippen LogP contribution in [0.3, 0.4) is 0 Å². The summed E-state index contributed by atoms with van der Waals surface area (Å²) in [6.07, 6.45) is 0.457. The molecule has 0 radical (unpaired) electrons. The van der Waals surface area contributed by atoms with E-state index < -0.39 is 4.92 Å². The molecule has 0 aliphatic carbocycles. The molecule has 2 aromatic carbocycles. The average Bonchev–Trinajstić information content (AvgIpc) is 2.41. The van der Waals surface area contributed by atoms with Crippen LogP contribution >= 0.6 is 0 Å². The van der Waals surface area contributed by atoms with Crippen molar-refractivity contribution in [3.8, 4) is 0 Å². The van der Waals surface area contributed by atoms with Crippen LogP contribution < -0.4 is 5.32 Å². The van der Waals surface area contributed by atoms with Crippen molar-refractivity contribution in [1.29, 1.82) is 0 Å². The van der Waals surface area contributed by atoms with Crippen LogP contribution in [0.15, 0.2) is 48.5 Å². The van der Waals surface area contributed by atoms with Gasteiger partial charge in [-0.3, -0.25) is 10.1 Å². The van der Waals surface area contributed by atoms with Crippen molar-refractivity contribution in [2.75, 3.05) is 5.32 Å². The van der Waals surface area contributed by atoms with Gasteiger partial charge in [-0.15, -0.1) is 0 Å². The topological polar surface area (TPSA) is 55.2 Å². The molecule has 1 N–H and O–H groups in total. The zero-order valence-corrected chi connectivity index (χ0v) is 11.0. The summed E-state index contributed by atoms with van der Waals surface area (Å²) in [7, 11) is 0. The number of halogens is 1. The number of nitro benzene ring substituents is 1. The number of anilines is 1. The Kier molecular flexibility index (Phi) is 4.30. The van der Waals surface area contributed by atoms with Gasteiger partial charge in [0.15, 0.2) is 0 Å². The Bertz CT molecular complexity index is 616. The molecule has 20 heavy (non-hydrogen) atoms. The molecule has 2 aromatic rings. The summed E-state index contributed by atoms with van der Waals surface area (Å²) in [5, 5.41) is 14.0. The van der Waals surface area contributed by atoms with Gasteiger partial charge in [-0.1, -0.05) is 30.3 Å². The molecule has 1 unspecified atom stereocenters. The lowest BCUT2D eigenvalue weighted by Gasteiger charge is -2.15. The monoisotopic (exact) mass is 274 g/mol. The minimum atomic E-state index is -0.432. The predicted octanol–water partition coefficient (Wildman–Crippen LogP) is 3.78. The first kappa shape index (κ1) is 14.0. The Balaban J connectivity index is 2.11. The zero-order chi connectivity index (χ0) is 14.5. The van der Waals surface area contributed by atoms with Crippen LogP contribution in [0.25, 0.3) is 0 Å². The van der Waals surface area contributed by atoms with E-state index >= 15 is 0 Å². The molecule has 104 valence electrons. The molecule has 0 saturated heterocycles. The van der Waals surface area contributed by atoms with Crippen LogP contribution in [-0.4, -0.2) is 11.0 Å². The SMILES string of the molecule is CC(Cc1ccccc1F)Nc1ccccc1[N+](=O)[O-]. The maximum atomic E-state index is 13.6. The normalized spacial score (nSPS) is 11.9. The standard InChI is InChI=1S/C15H15FN2O2/c1-11(10-12-6-2-3-7-13(12)16)17-14-8-4-5-9-15(14)18(19)20/h2-9,11,17H,10H2,1H3. The van der Waals surface area contributed by atoms with E-state index in [1.807, 2.05) is 6.92 Å². The van der Waals surface area contributed by atoms with Crippen LogP contribution in [0.4, 0.5) is 15.8 Å². The molecule has 5 heteroatoms. The smallest absolute Gasteiger partial charge is 0.292 e. The number of para-hydroxylation sites is 2. The fourth-order valence-electron chi connectivity index (χ4n) is 2.07. The van der Waals surface area contributed by atoms with Crippen molar-refractivity contribution in [1.82, 2.24) is 0 Å². The summed E-state index contributed by atoms with van der Waals surface area (Å²) in [6, 6.07) is 12.9. The highest BCUT2D eigenvalue weighted by Gasteiger charge is 2.15. The van der Waals surface area contributed by atoms with E-state index in [2.05, 4.69) is 5.32 Å². The molecule has 0 spiro atoms. The molecule has 4 nitrogen and oxygen atoms in total. The molecule has 0 aliphatic heterocycles. The van der Waals surface area contributed by atoms with E-state index in [-0.39, 0.29) is 17.5 Å². The summed E-state index contributed by atoms with van der Waals surface area (Å²) in [5.74, 6) is -0.260. The quantitative estimate of drug-likeness (QED) is 0.667. The molecule has 0 amide bonds. The van der Waals surface area contributed by atoms with Crippen LogP contribution in [0.5, 0.6) is 0 Å². The number of benzene rings is 2. The first-order chi connectivity index (χ1) is 9.58. The Labute approximate surface area is 116 Å². The van der Waals surface area contributed by atoms with Crippen molar-refractivity contribution in [3.63, 3.8) is 0 Å². The number of nitrogens with one attached hydrogen (secondary N) is 1. The molecule has 0 saturated carbocycles. The van der Waals surface area contributed by atoms with Gasteiger partial charge in [0.05, 0.1) is 4.92 Å². The minimum Gasteiger partial charge on any atom is -0.377 e. The van der Waals surface area contributed by atoms with E-state index in [1.165, 1.54) is 12.1 Å². The van der Waals surface area contributed by atoms with Crippen molar-refractivity contribution in [2.45, 2.75) is 19.4 Å². The van der Waals surface area contributed by atoms with Gasteiger partial charge in [0.2, 0.25) is 0 Å². The van der Waals surface area contributed by atoms with Gasteiger partial charge in [-0.2, -0.15) is 0 Å². The van der Waals surface area contributed by atoms with Gasteiger partial charge >= 0.3 is 0 Å². The number of hydrogen-bond acceptors (Lipinski definition) is 3. The highest BCUT2D eigenvalue weighted by molar-refractivity contribution is 5.61. The lowest BCUT2D eigenvalue weighted by atomic mass is 10.1. The molecule has 1 atom stereocenters. The molecular formula is C15H15FN2O2. The second-order valence-corrected chi connectivity index (χ2v) is 4.62. The Morgan fingerprint density at radius 2 is 1.85 bits per heavy atom. The molecule has 2 rings (SSSR count). The summed E-state index contributed by atoms with van der Waals surface area (Å²) in [6.45, 7) is 1.86. The highest BCUT2D eigenvalue weighted by Crippen LogP contribution is 2.24. The van der Waals surface area contributed by atoms with Crippen molar-refractivity contribution < 1.29 is 9.31 Å². The summed E-state index contributed by atoms with van der Waals surface area (Å²) < 4.78 is 13.6. The van der Waals surface area contributed by atoms with Gasteiger partial charge in [-0.05, 0) is 31.0 Å². The van der Waals surface area contributed by atoms with E-state index in [0.29, 0.717) is 17.7 Å². The van der Waals surface area contributed by atoms with Gasteiger partial charge in [0, 0.05) is 12.1 Å². The van der Waals surface area contributed by atoms with Gasteiger partial charge in [-0.25, -0.2) is 4.39 Å². The average molecular weight is 274 g/mol. The molecule has 0 bridgehead atoms. The summed E-state index contributed by atoms with van der Waals surface area (Å²) in [5.41, 5.74) is 1.06. The molecule has 0 heterocycles. The maximum Gasteiger partial charge on any atom is 0.292 e. The zero-order valence-electron chi connectivity index (χ0n) is 11.0. The fraction of sp³-hybridized carbons (Fsp3) is 0.200. The molecule has 0 fully saturated rings. The highest BCUT2D eigenvalue weighted by atomic mass is 19.1. The first-order valence-corrected chi connectivity index (χ1v) is 6.31. The third kappa shape index (κ3) is 3.32. The number of nitrogens with zero attached hydrogens (tertiary/aromatic N) is 1. The van der Waals surface area contributed by atoms with E-state index in [9.17, 15) is 14.5 Å². The third-order valence-electron chi connectivity index (χ3n) is 2.99. The fourth-order valence-corrected chi connectivity index (χ4v) is 2.07. The van der Waals surface area contributed by atoms with E-state index in [4.69, 9.17) is 0 Å². The number of nitro groups is 1. The van der Waals surface area contributed by atoms with Gasteiger partial charge < -0.3 is 5.32 Å². The van der Waals surface area contributed by atoms with Crippen LogP contribution in [0, 0.1) is 15.9 Å².